The molecule has 1 aliphatic carbocycles. The summed E-state index contributed by atoms with van der Waals surface area (Å²) in [4.78, 5) is 9.82. The summed E-state index contributed by atoms with van der Waals surface area (Å²) in [6.07, 6.45) is 3.80. The van der Waals surface area contributed by atoms with E-state index < -0.39 is 0 Å². The number of thiophene rings is 1. The molecule has 0 saturated heterocycles. The number of aromatic nitrogens is 2. The largest absolute Gasteiger partial charge is 0.370 e. The van der Waals surface area contributed by atoms with Gasteiger partial charge >= 0.3 is 0 Å². The van der Waals surface area contributed by atoms with Gasteiger partial charge in [0.25, 0.3) is 0 Å². The zero-order valence-corrected chi connectivity index (χ0v) is 14.3. The van der Waals surface area contributed by atoms with E-state index in [-0.39, 0.29) is 0 Å². The van der Waals surface area contributed by atoms with Crippen LogP contribution in [0.2, 0.25) is 5.15 Å². The molecule has 0 N–H and O–H groups in total. The number of fused-ring (bicyclic) bond motifs is 1. The first-order valence-electron chi connectivity index (χ1n) is 7.44. The van der Waals surface area contributed by atoms with Crippen molar-refractivity contribution in [3.8, 4) is 0 Å². The molecule has 114 valence electrons. The monoisotopic (exact) mass is 324 g/mol. The summed E-state index contributed by atoms with van der Waals surface area (Å²) in [5, 5.41) is 3.44. The second-order valence-electron chi connectivity index (χ2n) is 6.92. The van der Waals surface area contributed by atoms with Gasteiger partial charge in [-0.2, -0.15) is 0 Å². The van der Waals surface area contributed by atoms with Gasteiger partial charge in [-0.05, 0) is 42.0 Å². The molecule has 3 nitrogen and oxygen atoms in total. The van der Waals surface area contributed by atoms with Gasteiger partial charge in [0.1, 0.15) is 16.6 Å². The molecule has 0 bridgehead atoms. The second-order valence-corrected chi connectivity index (χ2v) is 8.17. The molecule has 0 spiro atoms. The van der Waals surface area contributed by atoms with Gasteiger partial charge < -0.3 is 4.74 Å². The lowest BCUT2D eigenvalue weighted by Crippen LogP contribution is -2.32. The fourth-order valence-electron chi connectivity index (χ4n) is 3.50. The molecule has 2 aromatic heterocycles. The number of hydrogen-bond donors (Lipinski definition) is 0. The molecule has 1 aliphatic rings. The molecule has 2 unspecified atom stereocenters. The van der Waals surface area contributed by atoms with E-state index in [4.69, 9.17) is 16.3 Å². The van der Waals surface area contributed by atoms with Crippen molar-refractivity contribution in [2.24, 2.45) is 11.3 Å². The minimum absolute atomic E-state index is 0.296. The Labute approximate surface area is 134 Å². The summed E-state index contributed by atoms with van der Waals surface area (Å²) >= 11 is 7.78. The average Bonchev–Trinajstić information content (AvgIpc) is 2.82. The zero-order chi connectivity index (χ0) is 15.0. The van der Waals surface area contributed by atoms with E-state index in [1.807, 2.05) is 11.4 Å². The Balaban J connectivity index is 1.68. The van der Waals surface area contributed by atoms with Crippen molar-refractivity contribution in [1.82, 2.24) is 9.97 Å². The van der Waals surface area contributed by atoms with Crippen LogP contribution in [0.4, 0.5) is 0 Å². The predicted molar refractivity (Wildman–Crippen MR) is 87.8 cm³/mol. The molecule has 3 rings (SSSR count). The lowest BCUT2D eigenvalue weighted by atomic mass is 9.71. The van der Waals surface area contributed by atoms with Gasteiger partial charge in [0.05, 0.1) is 6.10 Å². The van der Waals surface area contributed by atoms with Crippen LogP contribution in [0.5, 0.6) is 0 Å². The molecule has 0 amide bonds. The van der Waals surface area contributed by atoms with Gasteiger partial charge in [-0.1, -0.05) is 32.4 Å². The topological polar surface area (TPSA) is 35.0 Å². The van der Waals surface area contributed by atoms with Gasteiger partial charge in [0, 0.05) is 5.39 Å². The first kappa shape index (κ1) is 15.2. The summed E-state index contributed by atoms with van der Waals surface area (Å²) in [5.41, 5.74) is 0.360. The maximum absolute atomic E-state index is 6.19. The van der Waals surface area contributed by atoms with Crippen LogP contribution in [0.1, 0.15) is 45.9 Å². The highest BCUT2D eigenvalue weighted by Crippen LogP contribution is 2.39. The normalized spacial score (nSPS) is 25.3. The molecule has 0 aromatic carbocycles. The van der Waals surface area contributed by atoms with E-state index in [0.717, 1.165) is 23.1 Å². The van der Waals surface area contributed by atoms with Crippen molar-refractivity contribution >= 4 is 33.2 Å². The molecule has 1 fully saturated rings. The highest BCUT2D eigenvalue weighted by Gasteiger charge is 2.32. The Hall–Kier alpha value is -0.710. The number of halogens is 1. The van der Waals surface area contributed by atoms with Gasteiger partial charge in [-0.25, -0.2) is 9.97 Å². The fraction of sp³-hybridized carbons (Fsp3) is 0.625. The zero-order valence-electron chi connectivity index (χ0n) is 12.7. The molecule has 0 aliphatic heterocycles. The van der Waals surface area contributed by atoms with Gasteiger partial charge in [-0.3, -0.25) is 0 Å². The number of rotatable bonds is 3. The summed E-state index contributed by atoms with van der Waals surface area (Å²) in [7, 11) is 0. The van der Waals surface area contributed by atoms with E-state index >= 15 is 0 Å². The highest BCUT2D eigenvalue weighted by atomic mass is 35.5. The Morgan fingerprint density at radius 2 is 2.19 bits per heavy atom. The van der Waals surface area contributed by atoms with Crippen LogP contribution < -0.4 is 0 Å². The molecule has 2 heterocycles. The van der Waals surface area contributed by atoms with E-state index in [1.165, 1.54) is 6.42 Å². The lowest BCUT2D eigenvalue weighted by Gasteiger charge is -2.38. The third-order valence-corrected chi connectivity index (χ3v) is 5.21. The fourth-order valence-corrected chi connectivity index (χ4v) is 4.59. The summed E-state index contributed by atoms with van der Waals surface area (Å²) in [5.74, 6) is 1.40. The van der Waals surface area contributed by atoms with Crippen LogP contribution in [0, 0.1) is 11.3 Å². The third-order valence-electron chi connectivity index (χ3n) is 4.12. The molecule has 5 heteroatoms. The van der Waals surface area contributed by atoms with E-state index in [9.17, 15) is 0 Å². The Bertz CT molecular complexity index is 640. The van der Waals surface area contributed by atoms with Crippen LogP contribution in [-0.4, -0.2) is 16.1 Å². The number of hydrogen-bond acceptors (Lipinski definition) is 4. The van der Waals surface area contributed by atoms with Crippen molar-refractivity contribution in [3.05, 3.63) is 22.4 Å². The van der Waals surface area contributed by atoms with Crippen LogP contribution in [0.3, 0.4) is 0 Å². The Morgan fingerprint density at radius 1 is 1.38 bits per heavy atom. The van der Waals surface area contributed by atoms with Gasteiger partial charge in [0.15, 0.2) is 5.82 Å². The molecule has 0 radical (unpaired) electrons. The minimum atomic E-state index is 0.296. The maximum atomic E-state index is 6.19. The summed E-state index contributed by atoms with van der Waals surface area (Å²) in [6.45, 7) is 7.40. The second kappa shape index (κ2) is 5.82. The standard InChI is InChI=1S/C16H21ClN2OS/c1-10-6-11(8-16(2,3)7-10)20-9-13-18-14(17)12-4-5-21-15(12)19-13/h4-5,10-11H,6-9H2,1-3H3. The smallest absolute Gasteiger partial charge is 0.157 e. The highest BCUT2D eigenvalue weighted by molar-refractivity contribution is 7.16. The maximum Gasteiger partial charge on any atom is 0.157 e. The SMILES string of the molecule is CC1CC(OCc2nc(Cl)c3ccsc3n2)CC(C)(C)C1. The van der Waals surface area contributed by atoms with Crippen molar-refractivity contribution in [3.63, 3.8) is 0 Å². The van der Waals surface area contributed by atoms with E-state index in [1.54, 1.807) is 11.3 Å². The van der Waals surface area contributed by atoms with Gasteiger partial charge in [0.2, 0.25) is 0 Å². The molecule has 21 heavy (non-hydrogen) atoms. The molecule has 2 aromatic rings. The van der Waals surface area contributed by atoms with Gasteiger partial charge in [-0.15, -0.1) is 11.3 Å². The van der Waals surface area contributed by atoms with Crippen LogP contribution in [-0.2, 0) is 11.3 Å². The van der Waals surface area contributed by atoms with E-state index in [2.05, 4.69) is 30.7 Å². The van der Waals surface area contributed by atoms with Crippen LogP contribution >= 0.6 is 22.9 Å². The minimum Gasteiger partial charge on any atom is -0.370 e. The third kappa shape index (κ3) is 3.55. The Kier molecular flexibility index (Phi) is 4.21. The quantitative estimate of drug-likeness (QED) is 0.739. The lowest BCUT2D eigenvalue weighted by molar-refractivity contribution is -0.0337. The van der Waals surface area contributed by atoms with Crippen molar-refractivity contribution in [2.75, 3.05) is 0 Å². The van der Waals surface area contributed by atoms with Crippen molar-refractivity contribution < 1.29 is 4.74 Å². The van der Waals surface area contributed by atoms with Crippen molar-refractivity contribution in [1.29, 1.82) is 0 Å². The first-order chi connectivity index (χ1) is 9.93. The van der Waals surface area contributed by atoms with Crippen LogP contribution in [0.15, 0.2) is 11.4 Å². The Morgan fingerprint density at radius 3 is 2.95 bits per heavy atom. The molecular weight excluding hydrogens is 304 g/mol. The number of nitrogens with zero attached hydrogens (tertiary/aromatic N) is 2. The summed E-state index contributed by atoms with van der Waals surface area (Å²) in [6, 6.07) is 1.96. The summed E-state index contributed by atoms with van der Waals surface area (Å²) < 4.78 is 6.08. The van der Waals surface area contributed by atoms with Crippen LogP contribution in [0.25, 0.3) is 10.2 Å². The van der Waals surface area contributed by atoms with Crippen molar-refractivity contribution in [2.45, 2.75) is 52.7 Å². The number of ether oxygens (including phenoxy) is 1. The molecule has 1 saturated carbocycles. The molecular formula is C16H21ClN2OS. The first-order valence-corrected chi connectivity index (χ1v) is 8.70. The predicted octanol–water partition coefficient (Wildman–Crippen LogP) is 5.08. The van der Waals surface area contributed by atoms with E-state index in [0.29, 0.717) is 35.0 Å². The average molecular weight is 325 g/mol. The molecule has 2 atom stereocenters.